The normalized spacial score (nSPS) is 18.3. The van der Waals surface area contributed by atoms with E-state index in [4.69, 9.17) is 4.74 Å². The van der Waals surface area contributed by atoms with Crippen LogP contribution in [0, 0.1) is 0 Å². The number of sulfonamides is 1. The summed E-state index contributed by atoms with van der Waals surface area (Å²) >= 11 is 0. The Balaban J connectivity index is 2.22. The van der Waals surface area contributed by atoms with Crippen LogP contribution in [0.1, 0.15) is 37.0 Å². The number of ether oxygens (including phenoxy) is 1. The minimum atomic E-state index is -3.73. The molecule has 0 unspecified atom stereocenters. The molecule has 0 bridgehead atoms. The molecule has 2 rings (SSSR count). The topological polar surface area (TPSA) is 105 Å². The molecule has 3 N–H and O–H groups in total. The Morgan fingerprint density at radius 2 is 2.17 bits per heavy atom. The molecule has 1 aromatic carbocycles. The molecular weight excluding hydrogens is 320 g/mol. The Kier molecular flexibility index (Phi) is 5.61. The van der Waals surface area contributed by atoms with Crippen LogP contribution >= 0.6 is 0 Å². The number of aromatic carboxylic acids is 1. The maximum atomic E-state index is 12.2. The fourth-order valence-corrected chi connectivity index (χ4v) is 3.71. The minimum Gasteiger partial charge on any atom is -0.478 e. The van der Waals surface area contributed by atoms with Gasteiger partial charge in [-0.1, -0.05) is 0 Å². The number of hydrogen-bond acceptors (Lipinski definition) is 5. The molecule has 0 amide bonds. The van der Waals surface area contributed by atoms with Gasteiger partial charge in [-0.05, 0) is 44.9 Å². The maximum absolute atomic E-state index is 12.2. The summed E-state index contributed by atoms with van der Waals surface area (Å²) in [6, 6.07) is 3.78. The van der Waals surface area contributed by atoms with Crippen LogP contribution in [-0.2, 0) is 14.8 Å². The fourth-order valence-electron chi connectivity index (χ4n) is 2.43. The number of nitrogens with one attached hydrogen (secondary N) is 2. The highest BCUT2D eigenvalue weighted by Crippen LogP contribution is 2.22. The van der Waals surface area contributed by atoms with Crippen LogP contribution in [0.2, 0.25) is 0 Å². The van der Waals surface area contributed by atoms with E-state index in [2.05, 4.69) is 10.0 Å². The molecule has 1 aliphatic rings. The van der Waals surface area contributed by atoms with Gasteiger partial charge in [0.25, 0.3) is 0 Å². The molecule has 1 fully saturated rings. The maximum Gasteiger partial charge on any atom is 0.337 e. The molecule has 1 atom stereocenters. The number of carbonyl (C=O) groups is 1. The van der Waals surface area contributed by atoms with Crippen molar-refractivity contribution >= 4 is 21.7 Å². The molecule has 0 saturated carbocycles. The van der Waals surface area contributed by atoms with E-state index in [9.17, 15) is 18.3 Å². The van der Waals surface area contributed by atoms with Crippen molar-refractivity contribution in [2.75, 3.05) is 18.5 Å². The average Bonchev–Trinajstić information content (AvgIpc) is 2.96. The van der Waals surface area contributed by atoms with Crippen LogP contribution in [0.25, 0.3) is 0 Å². The van der Waals surface area contributed by atoms with Crippen LogP contribution in [0.5, 0.6) is 0 Å². The van der Waals surface area contributed by atoms with E-state index >= 15 is 0 Å². The highest BCUT2D eigenvalue weighted by Gasteiger charge is 2.21. The van der Waals surface area contributed by atoms with E-state index in [-0.39, 0.29) is 22.6 Å². The van der Waals surface area contributed by atoms with Crippen molar-refractivity contribution in [3.05, 3.63) is 23.8 Å². The second-order valence-corrected chi connectivity index (χ2v) is 7.52. The molecule has 0 aliphatic carbocycles. The Labute approximate surface area is 136 Å². The van der Waals surface area contributed by atoms with Crippen LogP contribution in [0.15, 0.2) is 23.1 Å². The van der Waals surface area contributed by atoms with Gasteiger partial charge in [-0.15, -0.1) is 0 Å². The quantitative estimate of drug-likeness (QED) is 0.696. The predicted octanol–water partition coefficient (Wildman–Crippen LogP) is 1.66. The zero-order valence-electron chi connectivity index (χ0n) is 13.2. The first-order chi connectivity index (χ1) is 10.8. The summed E-state index contributed by atoms with van der Waals surface area (Å²) in [5.41, 5.74) is 0.311. The number of anilines is 1. The van der Waals surface area contributed by atoms with E-state index in [1.807, 2.05) is 0 Å². The van der Waals surface area contributed by atoms with Crippen molar-refractivity contribution < 1.29 is 23.1 Å². The Morgan fingerprint density at radius 1 is 1.43 bits per heavy atom. The molecule has 1 saturated heterocycles. The molecule has 23 heavy (non-hydrogen) atoms. The summed E-state index contributed by atoms with van der Waals surface area (Å²) in [6.45, 7) is 4.62. The SMILES string of the molecule is CC(C)NS(=O)(=O)c1ccc(NC[C@H]2CCCO2)c(C(=O)O)c1. The molecule has 0 spiro atoms. The highest BCUT2D eigenvalue weighted by atomic mass is 32.2. The first-order valence-electron chi connectivity index (χ1n) is 7.55. The number of carboxylic acids is 1. The lowest BCUT2D eigenvalue weighted by Gasteiger charge is -2.15. The Morgan fingerprint density at radius 3 is 2.74 bits per heavy atom. The molecule has 0 radical (unpaired) electrons. The predicted molar refractivity (Wildman–Crippen MR) is 86.3 cm³/mol. The van der Waals surface area contributed by atoms with Gasteiger partial charge < -0.3 is 15.2 Å². The van der Waals surface area contributed by atoms with Crippen molar-refractivity contribution in [1.82, 2.24) is 4.72 Å². The van der Waals surface area contributed by atoms with E-state index < -0.39 is 16.0 Å². The van der Waals surface area contributed by atoms with Crippen molar-refractivity contribution in [3.8, 4) is 0 Å². The molecule has 1 aliphatic heterocycles. The van der Waals surface area contributed by atoms with Gasteiger partial charge in [0.1, 0.15) is 0 Å². The molecule has 1 aromatic rings. The first-order valence-corrected chi connectivity index (χ1v) is 9.03. The lowest BCUT2D eigenvalue weighted by Crippen LogP contribution is -2.30. The van der Waals surface area contributed by atoms with Crippen molar-refractivity contribution in [1.29, 1.82) is 0 Å². The second-order valence-electron chi connectivity index (χ2n) is 5.80. The molecule has 128 valence electrons. The summed E-state index contributed by atoms with van der Waals surface area (Å²) < 4.78 is 32.2. The first kappa shape index (κ1) is 17.7. The van der Waals surface area contributed by atoms with Crippen LogP contribution < -0.4 is 10.0 Å². The van der Waals surface area contributed by atoms with Crippen molar-refractivity contribution in [3.63, 3.8) is 0 Å². The fraction of sp³-hybridized carbons (Fsp3) is 0.533. The van der Waals surface area contributed by atoms with Gasteiger partial charge >= 0.3 is 5.97 Å². The van der Waals surface area contributed by atoms with Gasteiger partial charge in [0.15, 0.2) is 0 Å². The third-order valence-corrected chi connectivity index (χ3v) is 5.12. The van der Waals surface area contributed by atoms with Gasteiger partial charge in [0.05, 0.1) is 16.6 Å². The lowest BCUT2D eigenvalue weighted by atomic mass is 10.1. The Hall–Kier alpha value is -1.64. The zero-order chi connectivity index (χ0) is 17.0. The summed E-state index contributed by atoms with van der Waals surface area (Å²) in [5, 5.41) is 12.4. The van der Waals surface area contributed by atoms with Gasteiger partial charge in [0, 0.05) is 24.9 Å². The van der Waals surface area contributed by atoms with Crippen LogP contribution in [-0.4, -0.2) is 44.8 Å². The number of rotatable bonds is 7. The monoisotopic (exact) mass is 342 g/mol. The van der Waals surface area contributed by atoms with Crippen molar-refractivity contribution in [2.45, 2.75) is 43.7 Å². The van der Waals surface area contributed by atoms with Crippen LogP contribution in [0.3, 0.4) is 0 Å². The molecule has 0 aromatic heterocycles. The Bertz CT molecular complexity index is 666. The summed E-state index contributed by atoms with van der Waals surface area (Å²) in [7, 11) is -3.73. The number of benzene rings is 1. The lowest BCUT2D eigenvalue weighted by molar-refractivity contribution is 0.0697. The van der Waals surface area contributed by atoms with E-state index in [1.165, 1.54) is 18.2 Å². The second kappa shape index (κ2) is 7.29. The molecule has 8 heteroatoms. The third-order valence-electron chi connectivity index (χ3n) is 3.47. The summed E-state index contributed by atoms with van der Waals surface area (Å²) in [5.74, 6) is -1.18. The number of hydrogen-bond donors (Lipinski definition) is 3. The van der Waals surface area contributed by atoms with Crippen LogP contribution in [0.4, 0.5) is 5.69 Å². The van der Waals surface area contributed by atoms with E-state index in [0.29, 0.717) is 12.2 Å². The summed E-state index contributed by atoms with van der Waals surface area (Å²) in [4.78, 5) is 11.4. The van der Waals surface area contributed by atoms with E-state index in [1.54, 1.807) is 13.8 Å². The zero-order valence-corrected chi connectivity index (χ0v) is 14.0. The third kappa shape index (κ3) is 4.66. The largest absolute Gasteiger partial charge is 0.478 e. The average molecular weight is 342 g/mol. The highest BCUT2D eigenvalue weighted by molar-refractivity contribution is 7.89. The molecule has 1 heterocycles. The number of carboxylic acid groups (broad SMARTS) is 1. The smallest absolute Gasteiger partial charge is 0.337 e. The van der Waals surface area contributed by atoms with Gasteiger partial charge in [-0.3, -0.25) is 0 Å². The molecular formula is C15H22N2O5S. The van der Waals surface area contributed by atoms with Gasteiger partial charge in [0.2, 0.25) is 10.0 Å². The van der Waals surface area contributed by atoms with Gasteiger partial charge in [-0.2, -0.15) is 0 Å². The van der Waals surface area contributed by atoms with E-state index in [0.717, 1.165) is 19.4 Å². The molecule has 7 nitrogen and oxygen atoms in total. The summed E-state index contributed by atoms with van der Waals surface area (Å²) in [6.07, 6.45) is 1.98. The standard InChI is InChI=1S/C15H22N2O5S/c1-10(2)17-23(20,21)12-5-6-14(13(8-12)15(18)19)16-9-11-4-3-7-22-11/h5-6,8,10-11,16-17H,3-4,7,9H2,1-2H3,(H,18,19)/t11-/m1/s1. The minimum absolute atomic E-state index is 0.0580. The van der Waals surface area contributed by atoms with Gasteiger partial charge in [-0.25, -0.2) is 17.9 Å². The van der Waals surface area contributed by atoms with Crippen molar-refractivity contribution in [2.24, 2.45) is 0 Å².